The van der Waals surface area contributed by atoms with Crippen LogP contribution in [0, 0.1) is 0 Å². The molecule has 1 aliphatic heterocycles. The number of aromatic nitrogens is 2. The minimum atomic E-state index is -0.557. The van der Waals surface area contributed by atoms with Gasteiger partial charge in [-0.05, 0) is 31.4 Å². The molecule has 1 fully saturated rings. The number of carbonyl (C=O) groups excluding carboxylic acids is 2. The zero-order valence-corrected chi connectivity index (χ0v) is 19.7. The molecule has 34 heavy (non-hydrogen) atoms. The van der Waals surface area contributed by atoms with Gasteiger partial charge in [0.2, 0.25) is 0 Å². The van der Waals surface area contributed by atoms with Crippen LogP contribution in [0.2, 0.25) is 0 Å². The smallest absolute Gasteiger partial charge is 0.356 e. The third kappa shape index (κ3) is 5.05. The second-order valence-corrected chi connectivity index (χ2v) is 8.37. The number of esters is 1. The normalized spacial score (nSPS) is 16.4. The summed E-state index contributed by atoms with van der Waals surface area (Å²) in [6, 6.07) is 11.7. The average molecular weight is 467 g/mol. The fraction of sp³-hybridized carbons (Fsp3) is 0.400. The van der Waals surface area contributed by atoms with Crippen molar-refractivity contribution < 1.29 is 23.8 Å². The molecule has 0 saturated carbocycles. The van der Waals surface area contributed by atoms with Crippen LogP contribution in [-0.2, 0) is 25.5 Å². The first-order valence-corrected chi connectivity index (χ1v) is 11.3. The number of carbonyl (C=O) groups is 2. The van der Waals surface area contributed by atoms with E-state index in [2.05, 4.69) is 15.6 Å². The summed E-state index contributed by atoms with van der Waals surface area (Å²) >= 11 is 0. The van der Waals surface area contributed by atoms with Gasteiger partial charge in [0.25, 0.3) is 5.91 Å². The van der Waals surface area contributed by atoms with Gasteiger partial charge in [-0.25, -0.2) is 9.78 Å². The Morgan fingerprint density at radius 3 is 2.74 bits per heavy atom. The molecule has 2 N–H and O–H groups in total. The molecule has 9 heteroatoms. The molecule has 0 spiro atoms. The van der Waals surface area contributed by atoms with Crippen molar-refractivity contribution in [2.24, 2.45) is 0 Å². The van der Waals surface area contributed by atoms with Crippen molar-refractivity contribution in [3.63, 3.8) is 0 Å². The van der Waals surface area contributed by atoms with Crippen molar-refractivity contribution in [2.45, 2.75) is 38.5 Å². The summed E-state index contributed by atoms with van der Waals surface area (Å²) in [5.74, 6) is -0.841. The molecule has 2 atom stereocenters. The van der Waals surface area contributed by atoms with Crippen LogP contribution in [0.25, 0.3) is 11.0 Å². The number of fused-ring (bicyclic) bond motifs is 1. The molecule has 2 unspecified atom stereocenters. The largest absolute Gasteiger partial charge is 0.464 e. The Labute approximate surface area is 198 Å². The van der Waals surface area contributed by atoms with Crippen molar-refractivity contribution in [3.8, 4) is 0 Å². The number of pyridine rings is 1. The van der Waals surface area contributed by atoms with Crippen molar-refractivity contribution in [3.05, 3.63) is 53.9 Å². The van der Waals surface area contributed by atoms with Gasteiger partial charge in [0.05, 0.1) is 31.3 Å². The lowest BCUT2D eigenvalue weighted by Gasteiger charge is -2.14. The molecule has 3 heterocycles. The van der Waals surface area contributed by atoms with Gasteiger partial charge in [-0.3, -0.25) is 4.79 Å². The second kappa shape index (κ2) is 10.7. The highest BCUT2D eigenvalue weighted by Crippen LogP contribution is 2.34. The lowest BCUT2D eigenvalue weighted by atomic mass is 10.2. The first-order chi connectivity index (χ1) is 16.5. The van der Waals surface area contributed by atoms with E-state index in [9.17, 15) is 9.59 Å². The number of nitrogens with zero attached hydrogens (tertiary/aromatic N) is 2. The van der Waals surface area contributed by atoms with E-state index in [4.69, 9.17) is 14.2 Å². The van der Waals surface area contributed by atoms with Gasteiger partial charge in [-0.15, -0.1) is 0 Å². The molecule has 0 radical (unpaired) electrons. The van der Waals surface area contributed by atoms with E-state index < -0.39 is 12.1 Å². The minimum absolute atomic E-state index is 0.0423. The molecule has 3 aromatic rings. The van der Waals surface area contributed by atoms with Crippen LogP contribution in [-0.4, -0.2) is 61.0 Å². The highest BCUT2D eigenvalue weighted by atomic mass is 16.5. The van der Waals surface area contributed by atoms with E-state index in [0.717, 1.165) is 17.7 Å². The molecule has 1 saturated heterocycles. The Hall–Kier alpha value is -3.43. The fourth-order valence-electron chi connectivity index (χ4n) is 4.22. The van der Waals surface area contributed by atoms with Gasteiger partial charge in [0.1, 0.15) is 11.8 Å². The Kier molecular flexibility index (Phi) is 7.44. The predicted octanol–water partition coefficient (Wildman–Crippen LogP) is 3.44. The summed E-state index contributed by atoms with van der Waals surface area (Å²) in [5.41, 5.74) is 2.91. The Bertz CT molecular complexity index is 1160. The number of rotatable bonds is 9. The van der Waals surface area contributed by atoms with Crippen LogP contribution in [0.1, 0.15) is 35.8 Å². The van der Waals surface area contributed by atoms with E-state index in [-0.39, 0.29) is 17.6 Å². The molecule has 1 amide bonds. The Morgan fingerprint density at radius 2 is 2.06 bits per heavy atom. The third-order valence-electron chi connectivity index (χ3n) is 5.76. The maximum Gasteiger partial charge on any atom is 0.356 e. The molecular formula is C25H30N4O5. The zero-order chi connectivity index (χ0) is 24.1. The van der Waals surface area contributed by atoms with Crippen molar-refractivity contribution in [1.29, 1.82) is 0 Å². The molecule has 0 bridgehead atoms. The van der Waals surface area contributed by atoms with Crippen molar-refractivity contribution >= 4 is 34.3 Å². The van der Waals surface area contributed by atoms with Gasteiger partial charge in [0, 0.05) is 31.7 Å². The topological polar surface area (TPSA) is 104 Å². The van der Waals surface area contributed by atoms with Crippen LogP contribution in [0.5, 0.6) is 0 Å². The van der Waals surface area contributed by atoms with E-state index in [0.29, 0.717) is 42.9 Å². The minimum Gasteiger partial charge on any atom is -0.464 e. The summed E-state index contributed by atoms with van der Waals surface area (Å²) in [6.45, 7) is 3.44. The average Bonchev–Trinajstić information content (AvgIpc) is 3.47. The van der Waals surface area contributed by atoms with Gasteiger partial charge >= 0.3 is 5.97 Å². The van der Waals surface area contributed by atoms with Crippen LogP contribution in [0.3, 0.4) is 0 Å². The molecule has 9 nitrogen and oxygen atoms in total. The standard InChI is InChI=1S/C25H30N4O5/c1-16(15-32-2)27-18-12-19-21(28-24(30)20-10-7-11-34-20)22(25(31)33-3)29(23(19)26-13-18)14-17-8-5-4-6-9-17/h4-6,8-9,12-13,16,20,27H,7,10-11,14-15H2,1-3H3,(H,28,30). The van der Waals surface area contributed by atoms with Crippen molar-refractivity contribution in [1.82, 2.24) is 9.55 Å². The maximum atomic E-state index is 13.0. The molecule has 4 rings (SSSR count). The molecule has 1 aliphatic rings. The van der Waals surface area contributed by atoms with E-state index in [1.54, 1.807) is 17.9 Å². The monoisotopic (exact) mass is 466 g/mol. The fourth-order valence-corrected chi connectivity index (χ4v) is 4.22. The van der Waals surface area contributed by atoms with Crippen LogP contribution >= 0.6 is 0 Å². The Morgan fingerprint density at radius 1 is 1.26 bits per heavy atom. The van der Waals surface area contributed by atoms with Gasteiger partial charge < -0.3 is 29.4 Å². The van der Waals surface area contributed by atoms with E-state index in [1.165, 1.54) is 7.11 Å². The quantitative estimate of drug-likeness (QED) is 0.466. The van der Waals surface area contributed by atoms with Gasteiger partial charge in [-0.1, -0.05) is 30.3 Å². The SMILES string of the molecule is COCC(C)Nc1cnc2c(c1)c(NC(=O)C1CCCO1)c(C(=O)OC)n2Cc1ccccc1. The van der Waals surface area contributed by atoms with Crippen LogP contribution in [0.4, 0.5) is 11.4 Å². The van der Waals surface area contributed by atoms with Crippen LogP contribution in [0.15, 0.2) is 42.6 Å². The molecule has 2 aromatic heterocycles. The number of methoxy groups -OCH3 is 2. The second-order valence-electron chi connectivity index (χ2n) is 8.37. The summed E-state index contributed by atoms with van der Waals surface area (Å²) < 4.78 is 17.7. The number of hydrogen-bond acceptors (Lipinski definition) is 7. The summed E-state index contributed by atoms with van der Waals surface area (Å²) in [5, 5.41) is 6.92. The molecule has 180 valence electrons. The number of benzene rings is 1. The summed E-state index contributed by atoms with van der Waals surface area (Å²) in [4.78, 5) is 30.6. The summed E-state index contributed by atoms with van der Waals surface area (Å²) in [6.07, 6.45) is 2.63. The number of anilines is 2. The third-order valence-corrected chi connectivity index (χ3v) is 5.76. The first-order valence-electron chi connectivity index (χ1n) is 11.3. The van der Waals surface area contributed by atoms with Crippen LogP contribution < -0.4 is 10.6 Å². The van der Waals surface area contributed by atoms with E-state index in [1.807, 2.05) is 43.3 Å². The predicted molar refractivity (Wildman–Crippen MR) is 129 cm³/mol. The Balaban J connectivity index is 1.83. The lowest BCUT2D eigenvalue weighted by Crippen LogP contribution is -2.28. The highest BCUT2D eigenvalue weighted by Gasteiger charge is 2.30. The zero-order valence-electron chi connectivity index (χ0n) is 19.7. The van der Waals surface area contributed by atoms with Gasteiger partial charge in [0.15, 0.2) is 5.69 Å². The van der Waals surface area contributed by atoms with E-state index >= 15 is 0 Å². The molecule has 1 aromatic carbocycles. The summed E-state index contributed by atoms with van der Waals surface area (Å²) in [7, 11) is 2.97. The first kappa shape index (κ1) is 23.7. The number of amides is 1. The highest BCUT2D eigenvalue weighted by molar-refractivity contribution is 6.12. The van der Waals surface area contributed by atoms with Gasteiger partial charge in [-0.2, -0.15) is 0 Å². The number of nitrogens with one attached hydrogen (secondary N) is 2. The molecular weight excluding hydrogens is 436 g/mol. The number of ether oxygens (including phenoxy) is 3. The maximum absolute atomic E-state index is 13.0. The van der Waals surface area contributed by atoms with Crippen molar-refractivity contribution in [2.75, 3.05) is 38.1 Å². The number of hydrogen-bond donors (Lipinski definition) is 2. The molecule has 0 aliphatic carbocycles. The lowest BCUT2D eigenvalue weighted by molar-refractivity contribution is -0.124.